The van der Waals surface area contributed by atoms with Gasteiger partial charge in [-0.15, -0.1) is 0 Å². The fraction of sp³-hybridized carbons (Fsp3) is 0.0714. The molecule has 0 aliphatic heterocycles. The van der Waals surface area contributed by atoms with E-state index in [1.165, 1.54) is 6.21 Å². The highest BCUT2D eigenvalue weighted by Crippen LogP contribution is 2.22. The van der Waals surface area contributed by atoms with Crippen molar-refractivity contribution in [3.8, 4) is 0 Å². The van der Waals surface area contributed by atoms with Crippen LogP contribution in [0, 0.1) is 18.6 Å². The van der Waals surface area contributed by atoms with Gasteiger partial charge >= 0.3 is 0 Å². The molecule has 0 saturated carbocycles. The summed E-state index contributed by atoms with van der Waals surface area (Å²) in [6.45, 7) is 1.95. The minimum atomic E-state index is -0.663. The van der Waals surface area contributed by atoms with Gasteiger partial charge in [-0.1, -0.05) is 29.3 Å². The van der Waals surface area contributed by atoms with E-state index in [1.807, 2.05) is 19.1 Å². The van der Waals surface area contributed by atoms with Crippen LogP contribution in [-0.4, -0.2) is 6.21 Å². The Hall–Kier alpha value is -1.74. The summed E-state index contributed by atoms with van der Waals surface area (Å²) in [6, 6.07) is 9.36. The molecule has 0 amide bonds. The lowest BCUT2D eigenvalue weighted by Gasteiger charge is -2.01. The first kappa shape index (κ1) is 12.7. The van der Waals surface area contributed by atoms with Gasteiger partial charge in [0.15, 0.2) is 0 Å². The van der Waals surface area contributed by atoms with Crippen LogP contribution in [0.1, 0.15) is 11.1 Å². The van der Waals surface area contributed by atoms with Gasteiger partial charge in [-0.05, 0) is 31.2 Å². The monoisotopic (exact) mass is 265 g/mol. The molecule has 0 heterocycles. The molecule has 4 heteroatoms. The lowest BCUT2D eigenvalue weighted by Crippen LogP contribution is -1.92. The Morgan fingerprint density at radius 2 is 1.61 bits per heavy atom. The fourth-order valence-electron chi connectivity index (χ4n) is 1.43. The summed E-state index contributed by atoms with van der Waals surface area (Å²) in [5.41, 5.74) is 1.71. The van der Waals surface area contributed by atoms with Gasteiger partial charge in [-0.3, -0.25) is 4.99 Å². The van der Waals surface area contributed by atoms with Crippen LogP contribution in [-0.2, 0) is 0 Å². The third-order valence-electron chi connectivity index (χ3n) is 2.46. The third-order valence-corrected chi connectivity index (χ3v) is 2.84. The van der Waals surface area contributed by atoms with Gasteiger partial charge in [-0.2, -0.15) is 0 Å². The van der Waals surface area contributed by atoms with Crippen LogP contribution < -0.4 is 0 Å². The number of hydrogen-bond acceptors (Lipinski definition) is 1. The second-order valence-corrected chi connectivity index (χ2v) is 4.23. The second kappa shape index (κ2) is 5.27. The molecule has 0 aliphatic carbocycles. The minimum Gasteiger partial charge on any atom is -0.256 e. The molecule has 0 saturated heterocycles. The van der Waals surface area contributed by atoms with Gasteiger partial charge in [0, 0.05) is 6.21 Å². The van der Waals surface area contributed by atoms with Crippen molar-refractivity contribution >= 4 is 23.5 Å². The number of hydrogen-bond donors (Lipinski definition) is 0. The molecule has 0 spiro atoms. The summed E-state index contributed by atoms with van der Waals surface area (Å²) in [5.74, 6) is -1.26. The molecule has 2 aromatic rings. The van der Waals surface area contributed by atoms with Crippen LogP contribution in [0.15, 0.2) is 41.4 Å². The Labute approximate surface area is 109 Å². The van der Waals surface area contributed by atoms with Crippen LogP contribution in [0.25, 0.3) is 0 Å². The van der Waals surface area contributed by atoms with Crippen molar-refractivity contribution in [3.05, 3.63) is 64.2 Å². The first-order valence-electron chi connectivity index (χ1n) is 5.32. The van der Waals surface area contributed by atoms with E-state index in [1.54, 1.807) is 12.1 Å². The van der Waals surface area contributed by atoms with E-state index < -0.39 is 11.6 Å². The highest BCUT2D eigenvalue weighted by Gasteiger charge is 2.09. The Bertz CT molecular complexity index is 591. The molecule has 1 nitrogen and oxygen atoms in total. The standard InChI is InChI=1S/C14H10ClF2N/c1-9-2-4-10(5-3-9)18-8-11-12(16)6-7-13(17)14(11)15/h2-8H,1H3. The van der Waals surface area contributed by atoms with E-state index in [0.717, 1.165) is 17.7 Å². The van der Waals surface area contributed by atoms with Gasteiger partial charge in [0.2, 0.25) is 0 Å². The molecule has 18 heavy (non-hydrogen) atoms. The molecular weight excluding hydrogens is 256 g/mol. The predicted molar refractivity (Wildman–Crippen MR) is 69.8 cm³/mol. The molecule has 0 atom stereocenters. The summed E-state index contributed by atoms with van der Waals surface area (Å²) < 4.78 is 26.6. The van der Waals surface area contributed by atoms with Crippen molar-refractivity contribution in [1.29, 1.82) is 0 Å². The zero-order valence-electron chi connectivity index (χ0n) is 9.62. The Kier molecular flexibility index (Phi) is 3.72. The fourth-order valence-corrected chi connectivity index (χ4v) is 1.63. The van der Waals surface area contributed by atoms with Crippen molar-refractivity contribution in [2.75, 3.05) is 0 Å². The first-order chi connectivity index (χ1) is 8.58. The summed E-state index contributed by atoms with van der Waals surface area (Å²) in [4.78, 5) is 4.06. The van der Waals surface area contributed by atoms with E-state index in [-0.39, 0.29) is 10.6 Å². The lowest BCUT2D eigenvalue weighted by atomic mass is 10.2. The average Bonchev–Trinajstić information content (AvgIpc) is 2.36. The zero-order valence-corrected chi connectivity index (χ0v) is 10.4. The molecule has 0 aliphatic rings. The van der Waals surface area contributed by atoms with Crippen LogP contribution in [0.5, 0.6) is 0 Å². The van der Waals surface area contributed by atoms with Gasteiger partial charge in [0.25, 0.3) is 0 Å². The van der Waals surface area contributed by atoms with E-state index in [2.05, 4.69) is 4.99 Å². The van der Waals surface area contributed by atoms with Gasteiger partial charge in [0.05, 0.1) is 16.3 Å². The molecule has 0 aromatic heterocycles. The average molecular weight is 266 g/mol. The molecule has 0 N–H and O–H groups in total. The molecule has 0 unspecified atom stereocenters. The molecule has 92 valence electrons. The minimum absolute atomic E-state index is 0.0442. The summed E-state index contributed by atoms with van der Waals surface area (Å²) in [7, 11) is 0. The third kappa shape index (κ3) is 2.74. The quantitative estimate of drug-likeness (QED) is 0.552. The van der Waals surface area contributed by atoms with Crippen molar-refractivity contribution in [3.63, 3.8) is 0 Å². The Morgan fingerprint density at radius 3 is 2.28 bits per heavy atom. The Balaban J connectivity index is 2.34. The van der Waals surface area contributed by atoms with Crippen molar-refractivity contribution < 1.29 is 8.78 Å². The Morgan fingerprint density at radius 1 is 1.00 bits per heavy atom. The highest BCUT2D eigenvalue weighted by molar-refractivity contribution is 6.33. The maximum atomic E-state index is 13.5. The zero-order chi connectivity index (χ0) is 13.1. The normalized spacial score (nSPS) is 11.1. The molecule has 0 radical (unpaired) electrons. The lowest BCUT2D eigenvalue weighted by molar-refractivity contribution is 0.599. The van der Waals surface area contributed by atoms with Crippen molar-refractivity contribution in [2.24, 2.45) is 4.99 Å². The van der Waals surface area contributed by atoms with Gasteiger partial charge in [0.1, 0.15) is 11.6 Å². The molecule has 2 rings (SSSR count). The highest BCUT2D eigenvalue weighted by atomic mass is 35.5. The smallest absolute Gasteiger partial charge is 0.142 e. The van der Waals surface area contributed by atoms with Crippen LogP contribution in [0.3, 0.4) is 0 Å². The maximum absolute atomic E-state index is 13.5. The molecule has 0 fully saturated rings. The number of rotatable bonds is 2. The molecule has 0 bridgehead atoms. The number of aryl methyl sites for hydroxylation is 1. The topological polar surface area (TPSA) is 12.4 Å². The van der Waals surface area contributed by atoms with Crippen LogP contribution in [0.4, 0.5) is 14.5 Å². The predicted octanol–water partition coefficient (Wildman–Crippen LogP) is 4.68. The largest absolute Gasteiger partial charge is 0.256 e. The van der Waals surface area contributed by atoms with Crippen molar-refractivity contribution in [2.45, 2.75) is 6.92 Å². The van der Waals surface area contributed by atoms with Gasteiger partial charge in [-0.25, -0.2) is 8.78 Å². The summed E-state index contributed by atoms with van der Waals surface area (Å²) in [5, 5.41) is -0.258. The van der Waals surface area contributed by atoms with E-state index >= 15 is 0 Å². The summed E-state index contributed by atoms with van der Waals surface area (Å²) in [6.07, 6.45) is 1.23. The van der Waals surface area contributed by atoms with E-state index in [9.17, 15) is 8.78 Å². The number of halogens is 3. The molecular formula is C14H10ClF2N. The van der Waals surface area contributed by atoms with Gasteiger partial charge < -0.3 is 0 Å². The van der Waals surface area contributed by atoms with E-state index in [4.69, 9.17) is 11.6 Å². The van der Waals surface area contributed by atoms with Crippen molar-refractivity contribution in [1.82, 2.24) is 0 Å². The SMILES string of the molecule is Cc1ccc(N=Cc2c(F)ccc(F)c2Cl)cc1. The maximum Gasteiger partial charge on any atom is 0.142 e. The van der Waals surface area contributed by atoms with E-state index in [0.29, 0.717) is 5.69 Å². The number of nitrogens with zero attached hydrogens (tertiary/aromatic N) is 1. The number of benzene rings is 2. The van der Waals surface area contributed by atoms with Crippen LogP contribution in [0.2, 0.25) is 5.02 Å². The van der Waals surface area contributed by atoms with Crippen LogP contribution >= 0.6 is 11.6 Å². The second-order valence-electron chi connectivity index (χ2n) is 3.85. The first-order valence-corrected chi connectivity index (χ1v) is 5.70. The summed E-state index contributed by atoms with van der Waals surface area (Å²) >= 11 is 5.68. The number of aliphatic imine (C=N–C) groups is 1. The molecule has 2 aromatic carbocycles.